The van der Waals surface area contributed by atoms with Crippen molar-refractivity contribution in [3.63, 3.8) is 0 Å². The van der Waals surface area contributed by atoms with E-state index in [-0.39, 0.29) is 23.8 Å². The molecule has 0 aromatic heterocycles. The van der Waals surface area contributed by atoms with Crippen LogP contribution in [0.15, 0.2) is 48.5 Å². The standard InChI is InChI=1S/C23H25F2N3O4/c24-23(25)32-19-9-2-1-8-18(19)22(31)28-12-4-7-17(14-28)21(30)27-11-10-15-5-3-6-16(13-15)20(26)29/h1-3,5-6,8-9,13,17,23H,4,7,10-12,14H2,(H2,26,29)(H,27,30). The molecule has 7 nitrogen and oxygen atoms in total. The molecule has 0 aliphatic carbocycles. The molecule has 1 atom stereocenters. The molecule has 1 saturated heterocycles. The third kappa shape index (κ3) is 6.03. The Kier molecular flexibility index (Phi) is 7.75. The molecular formula is C23H25F2N3O4. The molecule has 3 amide bonds. The molecule has 9 heteroatoms. The second-order valence-electron chi connectivity index (χ2n) is 7.57. The molecule has 1 heterocycles. The molecule has 32 heavy (non-hydrogen) atoms. The Bertz CT molecular complexity index is 983. The number of hydrogen-bond donors (Lipinski definition) is 2. The van der Waals surface area contributed by atoms with Crippen molar-refractivity contribution in [1.29, 1.82) is 0 Å². The number of nitrogens with one attached hydrogen (secondary N) is 1. The largest absolute Gasteiger partial charge is 0.434 e. The van der Waals surface area contributed by atoms with Crippen molar-refractivity contribution < 1.29 is 27.9 Å². The predicted molar refractivity (Wildman–Crippen MR) is 113 cm³/mol. The molecule has 1 aliphatic rings. The van der Waals surface area contributed by atoms with E-state index in [0.717, 1.165) is 5.56 Å². The van der Waals surface area contributed by atoms with Crippen LogP contribution in [0.25, 0.3) is 0 Å². The van der Waals surface area contributed by atoms with E-state index >= 15 is 0 Å². The second-order valence-corrected chi connectivity index (χ2v) is 7.57. The highest BCUT2D eigenvalue weighted by Gasteiger charge is 2.30. The van der Waals surface area contributed by atoms with Gasteiger partial charge in [-0.2, -0.15) is 8.78 Å². The fraction of sp³-hybridized carbons (Fsp3) is 0.348. The first-order valence-corrected chi connectivity index (χ1v) is 10.3. The molecule has 1 fully saturated rings. The molecule has 3 N–H and O–H groups in total. The number of nitrogens with two attached hydrogens (primary N) is 1. The number of ether oxygens (including phenoxy) is 1. The lowest BCUT2D eigenvalue weighted by Gasteiger charge is -2.32. The number of amides is 3. The summed E-state index contributed by atoms with van der Waals surface area (Å²) < 4.78 is 29.8. The number of rotatable bonds is 8. The van der Waals surface area contributed by atoms with E-state index in [1.54, 1.807) is 24.3 Å². The van der Waals surface area contributed by atoms with E-state index in [9.17, 15) is 23.2 Å². The van der Waals surface area contributed by atoms with Crippen LogP contribution in [0.1, 0.15) is 39.1 Å². The highest BCUT2D eigenvalue weighted by atomic mass is 19.3. The van der Waals surface area contributed by atoms with Crippen LogP contribution < -0.4 is 15.8 Å². The first-order valence-electron chi connectivity index (χ1n) is 10.3. The topological polar surface area (TPSA) is 102 Å². The van der Waals surface area contributed by atoms with Crippen LogP contribution in [0.2, 0.25) is 0 Å². The highest BCUT2D eigenvalue weighted by Crippen LogP contribution is 2.25. The fourth-order valence-corrected chi connectivity index (χ4v) is 3.74. The van der Waals surface area contributed by atoms with Crippen molar-refractivity contribution in [3.8, 4) is 5.75 Å². The number of para-hydroxylation sites is 1. The third-order valence-electron chi connectivity index (χ3n) is 5.34. The van der Waals surface area contributed by atoms with E-state index < -0.39 is 24.3 Å². The average Bonchev–Trinajstić information content (AvgIpc) is 2.79. The van der Waals surface area contributed by atoms with E-state index in [2.05, 4.69) is 10.1 Å². The molecule has 2 aromatic rings. The van der Waals surface area contributed by atoms with Gasteiger partial charge in [0.1, 0.15) is 5.75 Å². The average molecular weight is 445 g/mol. The highest BCUT2D eigenvalue weighted by molar-refractivity contribution is 5.97. The van der Waals surface area contributed by atoms with Gasteiger partial charge >= 0.3 is 6.61 Å². The van der Waals surface area contributed by atoms with Gasteiger partial charge in [0, 0.05) is 25.2 Å². The quantitative estimate of drug-likeness (QED) is 0.652. The van der Waals surface area contributed by atoms with Crippen LogP contribution in [-0.2, 0) is 11.2 Å². The van der Waals surface area contributed by atoms with Gasteiger partial charge in [-0.25, -0.2) is 0 Å². The number of benzene rings is 2. The molecule has 170 valence electrons. The zero-order chi connectivity index (χ0) is 23.1. The van der Waals surface area contributed by atoms with Gasteiger partial charge in [0.25, 0.3) is 5.91 Å². The molecular weight excluding hydrogens is 420 g/mol. The molecule has 0 saturated carbocycles. The van der Waals surface area contributed by atoms with Gasteiger partial charge < -0.3 is 20.7 Å². The summed E-state index contributed by atoms with van der Waals surface area (Å²) in [5.41, 5.74) is 6.61. The molecule has 2 aromatic carbocycles. The second kappa shape index (κ2) is 10.7. The SMILES string of the molecule is NC(=O)c1cccc(CCNC(=O)C2CCCN(C(=O)c3ccccc3OC(F)F)C2)c1. The summed E-state index contributed by atoms with van der Waals surface area (Å²) in [6.07, 6.45) is 1.78. The van der Waals surface area contributed by atoms with Gasteiger partial charge in [-0.3, -0.25) is 14.4 Å². The van der Waals surface area contributed by atoms with Crippen LogP contribution in [0, 0.1) is 5.92 Å². The van der Waals surface area contributed by atoms with Gasteiger partial charge in [0.15, 0.2) is 0 Å². The maximum atomic E-state index is 12.9. The predicted octanol–water partition coefficient (Wildman–Crippen LogP) is 2.60. The lowest BCUT2D eigenvalue weighted by Crippen LogP contribution is -2.45. The number of nitrogens with zero attached hydrogens (tertiary/aromatic N) is 1. The van der Waals surface area contributed by atoms with E-state index in [4.69, 9.17) is 5.73 Å². The monoisotopic (exact) mass is 445 g/mol. The van der Waals surface area contributed by atoms with Gasteiger partial charge in [-0.15, -0.1) is 0 Å². The van der Waals surface area contributed by atoms with Gasteiger partial charge in [0.05, 0.1) is 11.5 Å². The summed E-state index contributed by atoms with van der Waals surface area (Å²) >= 11 is 0. The van der Waals surface area contributed by atoms with Crippen LogP contribution in [0.5, 0.6) is 5.75 Å². The first kappa shape index (κ1) is 23.2. The number of carbonyl (C=O) groups excluding carboxylic acids is 3. The Morgan fingerprint density at radius 2 is 1.94 bits per heavy atom. The third-order valence-corrected chi connectivity index (χ3v) is 5.34. The number of carbonyl (C=O) groups is 3. The molecule has 0 radical (unpaired) electrons. The minimum atomic E-state index is -3.03. The molecule has 1 aliphatic heterocycles. The Balaban J connectivity index is 1.56. The van der Waals surface area contributed by atoms with Gasteiger partial charge in [0.2, 0.25) is 11.8 Å². The van der Waals surface area contributed by atoms with Gasteiger partial charge in [-0.05, 0) is 49.1 Å². The summed E-state index contributed by atoms with van der Waals surface area (Å²) in [6, 6.07) is 12.7. The number of primary amides is 1. The van der Waals surface area contributed by atoms with E-state index in [0.29, 0.717) is 37.9 Å². The van der Waals surface area contributed by atoms with Gasteiger partial charge in [-0.1, -0.05) is 24.3 Å². The summed E-state index contributed by atoms with van der Waals surface area (Å²) in [7, 11) is 0. The molecule has 1 unspecified atom stereocenters. The van der Waals surface area contributed by atoms with Crippen molar-refractivity contribution in [2.75, 3.05) is 19.6 Å². The number of alkyl halides is 2. The summed E-state index contributed by atoms with van der Waals surface area (Å²) in [5, 5.41) is 2.87. The van der Waals surface area contributed by atoms with Crippen LogP contribution in [-0.4, -0.2) is 48.9 Å². The van der Waals surface area contributed by atoms with E-state index in [1.165, 1.54) is 23.1 Å². The van der Waals surface area contributed by atoms with Crippen LogP contribution in [0.4, 0.5) is 8.78 Å². The summed E-state index contributed by atoms with van der Waals surface area (Å²) in [6.45, 7) is -2.03. The Morgan fingerprint density at radius 3 is 2.69 bits per heavy atom. The minimum absolute atomic E-state index is 0.0446. The summed E-state index contributed by atoms with van der Waals surface area (Å²) in [4.78, 5) is 38.3. The van der Waals surface area contributed by atoms with Crippen molar-refractivity contribution in [3.05, 3.63) is 65.2 Å². The van der Waals surface area contributed by atoms with Crippen molar-refractivity contribution in [2.45, 2.75) is 25.9 Å². The maximum Gasteiger partial charge on any atom is 0.387 e. The Labute approximate surface area is 184 Å². The lowest BCUT2D eigenvalue weighted by molar-refractivity contribution is -0.126. The fourth-order valence-electron chi connectivity index (χ4n) is 3.74. The number of likely N-dealkylation sites (tertiary alicyclic amines) is 1. The summed E-state index contributed by atoms with van der Waals surface area (Å²) in [5.74, 6) is -1.71. The minimum Gasteiger partial charge on any atom is -0.434 e. The smallest absolute Gasteiger partial charge is 0.387 e. The molecule has 3 rings (SSSR count). The number of piperidine rings is 1. The number of halogens is 2. The van der Waals surface area contributed by atoms with Crippen LogP contribution in [0.3, 0.4) is 0 Å². The number of hydrogen-bond acceptors (Lipinski definition) is 4. The Hall–Kier alpha value is -3.49. The van der Waals surface area contributed by atoms with Crippen molar-refractivity contribution in [1.82, 2.24) is 10.2 Å². The zero-order valence-electron chi connectivity index (χ0n) is 17.4. The maximum absolute atomic E-state index is 12.9. The normalized spacial score (nSPS) is 16.0. The Morgan fingerprint density at radius 1 is 1.16 bits per heavy atom. The van der Waals surface area contributed by atoms with Crippen LogP contribution >= 0.6 is 0 Å². The van der Waals surface area contributed by atoms with Crippen molar-refractivity contribution >= 4 is 17.7 Å². The van der Waals surface area contributed by atoms with E-state index in [1.807, 2.05) is 6.07 Å². The first-order chi connectivity index (χ1) is 15.3. The molecule has 0 bridgehead atoms. The lowest BCUT2D eigenvalue weighted by atomic mass is 9.96. The molecule has 0 spiro atoms. The van der Waals surface area contributed by atoms with Crippen molar-refractivity contribution in [2.24, 2.45) is 11.7 Å². The zero-order valence-corrected chi connectivity index (χ0v) is 17.4.